The number of hydrogen-bond donors (Lipinski definition) is 4. The van der Waals surface area contributed by atoms with Gasteiger partial charge in [0.1, 0.15) is 42.7 Å². The van der Waals surface area contributed by atoms with Crippen LogP contribution in [0.3, 0.4) is 0 Å². The summed E-state index contributed by atoms with van der Waals surface area (Å²) in [6.45, 7) is 12.7. The molecule has 1 aromatic carbocycles. The topological polar surface area (TPSA) is 217 Å². The van der Waals surface area contributed by atoms with Gasteiger partial charge in [0.2, 0.25) is 0 Å². The maximum Gasteiger partial charge on any atom is 0.331 e. The van der Waals surface area contributed by atoms with E-state index in [9.17, 15) is 30.0 Å². The van der Waals surface area contributed by atoms with Crippen LogP contribution in [0.1, 0.15) is 112 Å². The Labute approximate surface area is 413 Å². The molecule has 3 heterocycles. The van der Waals surface area contributed by atoms with Crippen molar-refractivity contribution in [3.8, 4) is 0 Å². The molecule has 70 heavy (non-hydrogen) atoms. The Hall–Kier alpha value is -2.62. The zero-order chi connectivity index (χ0) is 50.4. The summed E-state index contributed by atoms with van der Waals surface area (Å²) in [5.41, 5.74) is -1.99. The highest BCUT2D eigenvalue weighted by atomic mass is 16.8. The highest BCUT2D eigenvalue weighted by Gasteiger charge is 2.75. The fourth-order valence-electron chi connectivity index (χ4n) is 14.5. The van der Waals surface area contributed by atoms with Crippen molar-refractivity contribution in [2.75, 3.05) is 21.3 Å². The van der Waals surface area contributed by atoms with E-state index in [1.54, 1.807) is 34.1 Å². The number of fused-ring (bicyclic) bond motifs is 5. The molecule has 7 fully saturated rings. The van der Waals surface area contributed by atoms with Crippen molar-refractivity contribution in [3.63, 3.8) is 0 Å². The van der Waals surface area contributed by atoms with Gasteiger partial charge in [0.15, 0.2) is 18.9 Å². The minimum absolute atomic E-state index is 0.133. The van der Waals surface area contributed by atoms with Gasteiger partial charge in [-0.05, 0) is 107 Å². The van der Waals surface area contributed by atoms with E-state index in [1.165, 1.54) is 20.1 Å². The molecule has 0 spiro atoms. The Morgan fingerprint density at radius 3 is 2.00 bits per heavy atom. The Balaban J connectivity index is 0.934. The van der Waals surface area contributed by atoms with Crippen LogP contribution >= 0.6 is 0 Å². The third-order valence-electron chi connectivity index (χ3n) is 18.1. The Morgan fingerprint density at radius 1 is 0.743 bits per heavy atom. The number of methoxy groups -OCH3 is 3. The number of aliphatic hydroxyl groups is 4. The van der Waals surface area contributed by atoms with Gasteiger partial charge < -0.3 is 72.5 Å². The van der Waals surface area contributed by atoms with Gasteiger partial charge in [0.05, 0.1) is 48.3 Å². The molecule has 0 amide bonds. The molecule has 0 bridgehead atoms. The van der Waals surface area contributed by atoms with Crippen molar-refractivity contribution >= 4 is 18.0 Å². The predicted molar refractivity (Wildman–Crippen MR) is 251 cm³/mol. The maximum absolute atomic E-state index is 13.8. The molecule has 7 aliphatic rings. The summed E-state index contributed by atoms with van der Waals surface area (Å²) in [6.07, 6.45) is -3.53. The second kappa shape index (κ2) is 21.7. The summed E-state index contributed by atoms with van der Waals surface area (Å²) in [4.78, 5) is 27.0. The first-order valence-electron chi connectivity index (χ1n) is 25.7. The molecule has 0 radical (unpaired) electrons. The predicted octanol–water partition coefficient (Wildman–Crippen LogP) is 4.85. The zero-order valence-corrected chi connectivity index (χ0v) is 42.6. The van der Waals surface area contributed by atoms with Gasteiger partial charge in [0.25, 0.3) is 0 Å². The van der Waals surface area contributed by atoms with Gasteiger partial charge in [-0.2, -0.15) is 0 Å². The monoisotopic (exact) mass is 989 g/mol. The molecular formula is C53H80O17. The molecule has 24 atom stereocenters. The summed E-state index contributed by atoms with van der Waals surface area (Å²) in [6, 6.07) is 9.43. The third-order valence-corrected chi connectivity index (χ3v) is 18.1. The van der Waals surface area contributed by atoms with E-state index >= 15 is 0 Å². The van der Waals surface area contributed by atoms with Crippen molar-refractivity contribution in [2.45, 2.75) is 216 Å². The summed E-state index contributed by atoms with van der Waals surface area (Å²) < 4.78 is 68.6. The average molecular weight is 989 g/mol. The van der Waals surface area contributed by atoms with Crippen molar-refractivity contribution in [3.05, 3.63) is 42.0 Å². The molecular weight excluding hydrogens is 909 g/mol. The Bertz CT molecular complexity index is 1950. The molecule has 0 aromatic heterocycles. The second-order valence-corrected chi connectivity index (χ2v) is 21.9. The summed E-state index contributed by atoms with van der Waals surface area (Å²) in [7, 11) is 4.65. The average Bonchev–Trinajstić information content (AvgIpc) is 3.61. The normalized spacial score (nSPS) is 47.7. The minimum atomic E-state index is -1.29. The maximum atomic E-state index is 13.8. The molecule has 3 aliphatic heterocycles. The largest absolute Gasteiger partial charge is 0.458 e. The standard InChI is InChI=1S/C53H80O17/c1-27(54)35-21-23-53(59)36-18-17-33-24-34(20-22-51(33,6)42(36)47(66-31(5)55)49(52(35,53)7)68-39(56)19-16-32-14-12-11-13-15-32)67-40-25-37(60-8)45(29(3)63-40)69-41-26-38(61-9)46(30(4)64-41)70-50-44(58)48(62-10)43(57)28(2)65-50/h11-16,19,27-30,33-38,40-50,54,57-59H,17-18,20-26H2,1-10H3/b19-16+. The number of aliphatic hydroxyl groups excluding tert-OH is 3. The van der Waals surface area contributed by atoms with Crippen molar-refractivity contribution in [1.29, 1.82) is 0 Å². The van der Waals surface area contributed by atoms with E-state index < -0.39 is 133 Å². The number of rotatable bonds is 14. The summed E-state index contributed by atoms with van der Waals surface area (Å²) >= 11 is 0. The van der Waals surface area contributed by atoms with Crippen molar-refractivity contribution < 1.29 is 82.1 Å². The van der Waals surface area contributed by atoms with Gasteiger partial charge in [0, 0.05) is 58.5 Å². The van der Waals surface area contributed by atoms with Crippen LogP contribution in [0.5, 0.6) is 0 Å². The molecule has 3 saturated heterocycles. The van der Waals surface area contributed by atoms with Crippen LogP contribution in [-0.4, -0.2) is 164 Å². The van der Waals surface area contributed by atoms with Gasteiger partial charge in [-0.15, -0.1) is 0 Å². The van der Waals surface area contributed by atoms with Crippen LogP contribution in [-0.2, 0) is 61.7 Å². The van der Waals surface area contributed by atoms with E-state index in [1.807, 2.05) is 51.1 Å². The van der Waals surface area contributed by atoms with Gasteiger partial charge in [-0.1, -0.05) is 44.2 Å². The Kier molecular flexibility index (Phi) is 16.6. The SMILES string of the molecule is COC1CC(OC2CCC3(C)C(CCC4C3C(OC(C)=O)C(OC(=O)/C=C/c3ccccc3)C3(C)C(C(C)O)CCC43O)C2)OC(C)C1OC1CC(OC)C(OC2OC(C)C(O)C(OC)C2O)C(C)O1. The lowest BCUT2D eigenvalue weighted by molar-refractivity contribution is -0.352. The number of ether oxygens (including phenoxy) is 11. The quantitative estimate of drug-likeness (QED) is 0.111. The second-order valence-electron chi connectivity index (χ2n) is 21.9. The van der Waals surface area contributed by atoms with E-state index in [0.717, 1.165) is 18.4 Å². The van der Waals surface area contributed by atoms with Crippen LogP contribution < -0.4 is 0 Å². The van der Waals surface area contributed by atoms with E-state index in [2.05, 4.69) is 6.92 Å². The first kappa shape index (κ1) is 53.7. The van der Waals surface area contributed by atoms with Gasteiger partial charge in [-0.25, -0.2) is 4.79 Å². The summed E-state index contributed by atoms with van der Waals surface area (Å²) in [5, 5.41) is 45.8. The van der Waals surface area contributed by atoms with E-state index in [4.69, 9.17) is 52.1 Å². The lowest BCUT2D eigenvalue weighted by Crippen LogP contribution is -2.73. The lowest BCUT2D eigenvalue weighted by Gasteiger charge is -2.67. The summed E-state index contributed by atoms with van der Waals surface area (Å²) in [5.74, 6) is -1.97. The minimum Gasteiger partial charge on any atom is -0.458 e. The number of esters is 2. The number of benzene rings is 1. The number of carbonyl (C=O) groups is 2. The lowest BCUT2D eigenvalue weighted by atomic mass is 9.41. The number of carbonyl (C=O) groups excluding carboxylic acids is 2. The molecule has 4 saturated carbocycles. The molecule has 4 aliphatic carbocycles. The van der Waals surface area contributed by atoms with Crippen molar-refractivity contribution in [1.82, 2.24) is 0 Å². The van der Waals surface area contributed by atoms with Crippen LogP contribution in [0.15, 0.2) is 36.4 Å². The van der Waals surface area contributed by atoms with Crippen LogP contribution in [0.25, 0.3) is 6.08 Å². The van der Waals surface area contributed by atoms with Crippen LogP contribution in [0.4, 0.5) is 0 Å². The van der Waals surface area contributed by atoms with Gasteiger partial charge in [-0.3, -0.25) is 4.79 Å². The fraction of sp³-hybridized carbons (Fsp3) is 0.811. The Morgan fingerprint density at radius 2 is 1.39 bits per heavy atom. The highest BCUT2D eigenvalue weighted by Crippen LogP contribution is 2.70. The molecule has 394 valence electrons. The zero-order valence-electron chi connectivity index (χ0n) is 42.6. The van der Waals surface area contributed by atoms with E-state index in [0.29, 0.717) is 44.9 Å². The van der Waals surface area contributed by atoms with E-state index in [-0.39, 0.29) is 23.9 Å². The molecule has 8 rings (SSSR count). The molecule has 17 heteroatoms. The van der Waals surface area contributed by atoms with Gasteiger partial charge >= 0.3 is 11.9 Å². The molecule has 4 N–H and O–H groups in total. The highest BCUT2D eigenvalue weighted by molar-refractivity contribution is 5.87. The first-order valence-corrected chi connectivity index (χ1v) is 25.7. The first-order chi connectivity index (χ1) is 33.3. The van der Waals surface area contributed by atoms with Crippen LogP contribution in [0, 0.1) is 34.5 Å². The fourth-order valence-corrected chi connectivity index (χ4v) is 14.5. The van der Waals surface area contributed by atoms with Crippen LogP contribution in [0.2, 0.25) is 0 Å². The molecule has 17 nitrogen and oxygen atoms in total. The third kappa shape index (κ3) is 10.0. The molecule has 1 aromatic rings. The smallest absolute Gasteiger partial charge is 0.331 e. The molecule has 24 unspecified atom stereocenters. The number of hydrogen-bond acceptors (Lipinski definition) is 17. The van der Waals surface area contributed by atoms with Crippen molar-refractivity contribution in [2.24, 2.45) is 34.5 Å².